The van der Waals surface area contributed by atoms with Crippen LogP contribution in [0.1, 0.15) is 11.1 Å². The molecule has 1 nitrogen and oxygen atoms in total. The molecule has 1 atom stereocenters. The van der Waals surface area contributed by atoms with Crippen LogP contribution in [0.15, 0.2) is 24.3 Å². The first-order valence-corrected chi connectivity index (χ1v) is 4.24. The van der Waals surface area contributed by atoms with Crippen LogP contribution in [0.2, 0.25) is 0 Å². The third-order valence-electron chi connectivity index (χ3n) is 2.27. The molecule has 0 saturated heterocycles. The summed E-state index contributed by atoms with van der Waals surface area (Å²) < 4.78 is 29.6. The van der Waals surface area contributed by atoms with Crippen molar-refractivity contribution in [2.24, 2.45) is 0 Å². The number of fused-ring (bicyclic) bond motifs is 1. The lowest BCUT2D eigenvalue weighted by Crippen LogP contribution is -2.28. The van der Waals surface area contributed by atoms with Gasteiger partial charge in [-0.2, -0.15) is 0 Å². The highest BCUT2D eigenvalue weighted by Gasteiger charge is 2.26. The number of benzene rings is 1. The summed E-state index contributed by atoms with van der Waals surface area (Å²) in [6, 6.07) is 7.56. The Morgan fingerprint density at radius 1 is 1.23 bits per heavy atom. The van der Waals surface area contributed by atoms with E-state index in [1.807, 2.05) is 24.3 Å². The fourth-order valence-electron chi connectivity index (χ4n) is 1.53. The minimum absolute atomic E-state index is 0.311. The van der Waals surface area contributed by atoms with Crippen LogP contribution in [0, 0.1) is 0 Å². The second-order valence-corrected chi connectivity index (χ2v) is 3.16. The second-order valence-electron chi connectivity index (χ2n) is 3.16. The van der Waals surface area contributed by atoms with E-state index in [9.17, 15) is 8.78 Å². The molecule has 2 rings (SSSR count). The summed E-state index contributed by atoms with van der Waals surface area (Å²) in [5, 5.41) is 0. The molecule has 1 aromatic carbocycles. The van der Waals surface area contributed by atoms with Crippen LogP contribution in [0.5, 0.6) is 0 Å². The van der Waals surface area contributed by atoms with E-state index in [1.165, 1.54) is 0 Å². The fraction of sp³-hybridized carbons (Fsp3) is 0.400. The number of rotatable bonds is 1. The van der Waals surface area contributed by atoms with Crippen LogP contribution in [-0.2, 0) is 17.8 Å². The van der Waals surface area contributed by atoms with E-state index in [-0.39, 0.29) is 0 Å². The predicted octanol–water partition coefficient (Wildman–Crippen LogP) is 2.39. The number of alkyl halides is 2. The van der Waals surface area contributed by atoms with Crippen LogP contribution in [-0.4, -0.2) is 12.5 Å². The third-order valence-corrected chi connectivity index (χ3v) is 2.27. The van der Waals surface area contributed by atoms with Gasteiger partial charge in [-0.3, -0.25) is 0 Å². The van der Waals surface area contributed by atoms with Crippen molar-refractivity contribution >= 4 is 0 Å². The van der Waals surface area contributed by atoms with Crippen LogP contribution in [0.4, 0.5) is 8.78 Å². The molecule has 0 aliphatic carbocycles. The molecule has 0 fully saturated rings. The molecule has 1 unspecified atom stereocenters. The molecule has 0 bridgehead atoms. The van der Waals surface area contributed by atoms with E-state index in [1.54, 1.807) is 0 Å². The lowest BCUT2D eigenvalue weighted by atomic mass is 9.99. The van der Waals surface area contributed by atoms with Gasteiger partial charge in [0.2, 0.25) is 0 Å². The largest absolute Gasteiger partial charge is 0.367 e. The van der Waals surface area contributed by atoms with E-state index in [2.05, 4.69) is 0 Å². The molecule has 0 spiro atoms. The van der Waals surface area contributed by atoms with Gasteiger partial charge in [-0.1, -0.05) is 24.3 Å². The zero-order valence-corrected chi connectivity index (χ0v) is 7.04. The molecule has 0 N–H and O–H groups in total. The molecule has 70 valence electrons. The van der Waals surface area contributed by atoms with Crippen molar-refractivity contribution in [3.05, 3.63) is 35.4 Å². The lowest BCUT2D eigenvalue weighted by Gasteiger charge is -2.24. The molecule has 0 aromatic heterocycles. The van der Waals surface area contributed by atoms with Crippen LogP contribution >= 0.6 is 0 Å². The molecule has 1 aliphatic rings. The average molecular weight is 184 g/mol. The highest BCUT2D eigenvalue weighted by Crippen LogP contribution is 2.23. The molecule has 1 heterocycles. The minimum atomic E-state index is -2.38. The minimum Gasteiger partial charge on any atom is -0.367 e. The van der Waals surface area contributed by atoms with Gasteiger partial charge in [0.25, 0.3) is 6.43 Å². The molecule has 1 aromatic rings. The van der Waals surface area contributed by atoms with Crippen molar-refractivity contribution in [1.29, 1.82) is 0 Å². The zero-order valence-electron chi connectivity index (χ0n) is 7.04. The lowest BCUT2D eigenvalue weighted by molar-refractivity contribution is -0.0702. The third kappa shape index (κ3) is 1.70. The van der Waals surface area contributed by atoms with E-state index in [0.717, 1.165) is 11.1 Å². The van der Waals surface area contributed by atoms with Gasteiger partial charge in [0.1, 0.15) is 6.10 Å². The van der Waals surface area contributed by atoms with Gasteiger partial charge in [0.05, 0.1) is 6.61 Å². The monoisotopic (exact) mass is 184 g/mol. The molecule has 3 heteroatoms. The van der Waals surface area contributed by atoms with Gasteiger partial charge in [-0.15, -0.1) is 0 Å². The van der Waals surface area contributed by atoms with Crippen LogP contribution < -0.4 is 0 Å². The second kappa shape index (κ2) is 3.42. The van der Waals surface area contributed by atoms with E-state index < -0.39 is 12.5 Å². The summed E-state index contributed by atoms with van der Waals surface area (Å²) >= 11 is 0. The zero-order chi connectivity index (χ0) is 9.26. The molecule has 13 heavy (non-hydrogen) atoms. The van der Waals surface area contributed by atoms with E-state index in [0.29, 0.717) is 13.0 Å². The topological polar surface area (TPSA) is 9.23 Å². The molecular formula is C10H10F2O. The smallest absolute Gasteiger partial charge is 0.264 e. The highest BCUT2D eigenvalue weighted by atomic mass is 19.3. The Morgan fingerprint density at radius 2 is 1.92 bits per heavy atom. The van der Waals surface area contributed by atoms with E-state index in [4.69, 9.17) is 4.74 Å². The fourth-order valence-corrected chi connectivity index (χ4v) is 1.53. The van der Waals surface area contributed by atoms with Gasteiger partial charge < -0.3 is 4.74 Å². The average Bonchev–Trinajstić information content (AvgIpc) is 2.17. The first kappa shape index (κ1) is 8.63. The van der Waals surface area contributed by atoms with E-state index >= 15 is 0 Å². The molecular weight excluding hydrogens is 174 g/mol. The predicted molar refractivity (Wildman–Crippen MR) is 44.7 cm³/mol. The molecule has 0 radical (unpaired) electrons. The van der Waals surface area contributed by atoms with Gasteiger partial charge in [0, 0.05) is 6.42 Å². The van der Waals surface area contributed by atoms with Gasteiger partial charge >= 0.3 is 0 Å². The Labute approximate surface area is 75.3 Å². The Hall–Kier alpha value is -0.960. The first-order valence-electron chi connectivity index (χ1n) is 4.24. The quantitative estimate of drug-likeness (QED) is 0.651. The first-order chi connectivity index (χ1) is 6.27. The van der Waals surface area contributed by atoms with Crippen molar-refractivity contribution in [2.45, 2.75) is 25.6 Å². The Bertz CT molecular complexity index is 299. The normalized spacial score (nSPS) is 21.6. The maximum absolute atomic E-state index is 12.3. The van der Waals surface area contributed by atoms with Gasteiger partial charge in [-0.05, 0) is 11.1 Å². The molecule has 0 amide bonds. The summed E-state index contributed by atoms with van der Waals surface area (Å²) in [6.07, 6.45) is -2.98. The Kier molecular flexibility index (Phi) is 2.27. The highest BCUT2D eigenvalue weighted by molar-refractivity contribution is 5.28. The summed E-state index contributed by atoms with van der Waals surface area (Å²) in [6.45, 7) is 0.311. The van der Waals surface area contributed by atoms with Crippen molar-refractivity contribution < 1.29 is 13.5 Å². The van der Waals surface area contributed by atoms with Gasteiger partial charge in [0.15, 0.2) is 0 Å². The number of hydrogen-bond donors (Lipinski definition) is 0. The van der Waals surface area contributed by atoms with Crippen molar-refractivity contribution in [1.82, 2.24) is 0 Å². The van der Waals surface area contributed by atoms with Crippen molar-refractivity contribution in [2.75, 3.05) is 0 Å². The Balaban J connectivity index is 2.20. The summed E-state index contributed by atoms with van der Waals surface area (Å²) in [4.78, 5) is 0. The number of hydrogen-bond acceptors (Lipinski definition) is 1. The van der Waals surface area contributed by atoms with Crippen LogP contribution in [0.25, 0.3) is 0 Å². The Morgan fingerprint density at radius 3 is 2.62 bits per heavy atom. The molecule has 1 aliphatic heterocycles. The summed E-state index contributed by atoms with van der Waals surface area (Å²) in [5.74, 6) is 0. The summed E-state index contributed by atoms with van der Waals surface area (Å²) in [7, 11) is 0. The van der Waals surface area contributed by atoms with Crippen LogP contribution in [0.3, 0.4) is 0 Å². The standard InChI is InChI=1S/C10H10F2O/c11-10(12)9-5-7-3-1-2-4-8(7)6-13-9/h1-4,9-10H,5-6H2. The number of halogens is 2. The number of ether oxygens (including phenoxy) is 1. The van der Waals surface area contributed by atoms with Gasteiger partial charge in [-0.25, -0.2) is 8.78 Å². The summed E-state index contributed by atoms with van der Waals surface area (Å²) in [5.41, 5.74) is 2.01. The maximum atomic E-state index is 12.3. The van der Waals surface area contributed by atoms with Crippen molar-refractivity contribution in [3.8, 4) is 0 Å². The SMILES string of the molecule is FC(F)C1Cc2ccccc2CO1. The van der Waals surface area contributed by atoms with Crippen molar-refractivity contribution in [3.63, 3.8) is 0 Å². The molecule has 0 saturated carbocycles. The maximum Gasteiger partial charge on any atom is 0.264 e.